The van der Waals surface area contributed by atoms with Crippen LogP contribution in [0, 0.1) is 5.82 Å². The zero-order valence-corrected chi connectivity index (χ0v) is 17.4. The molecule has 2 aliphatic heterocycles. The molecule has 0 N–H and O–H groups in total. The third-order valence-corrected chi connectivity index (χ3v) is 5.80. The van der Waals surface area contributed by atoms with Gasteiger partial charge in [0.25, 0.3) is 0 Å². The lowest BCUT2D eigenvalue weighted by atomic mass is 10.0. The van der Waals surface area contributed by atoms with Gasteiger partial charge in [-0.1, -0.05) is 0 Å². The molecule has 0 saturated carbocycles. The number of ether oxygens (including phenoxy) is 1. The number of pyridine rings is 2. The van der Waals surface area contributed by atoms with E-state index in [4.69, 9.17) is 9.72 Å². The molecule has 7 nitrogen and oxygen atoms in total. The molecule has 0 aliphatic carbocycles. The Labute approximate surface area is 179 Å². The second-order valence-electron chi connectivity index (χ2n) is 8.00. The van der Waals surface area contributed by atoms with E-state index in [2.05, 4.69) is 21.8 Å². The van der Waals surface area contributed by atoms with Crippen molar-refractivity contribution in [3.05, 3.63) is 53.7 Å². The van der Waals surface area contributed by atoms with E-state index >= 15 is 0 Å². The van der Waals surface area contributed by atoms with Crippen LogP contribution in [-0.2, 0) is 4.79 Å². The smallest absolute Gasteiger partial charge is 0.222 e. The third-order valence-electron chi connectivity index (χ3n) is 5.80. The summed E-state index contributed by atoms with van der Waals surface area (Å²) in [5.74, 6) is 0.876. The third kappa shape index (κ3) is 3.90. The highest BCUT2D eigenvalue weighted by Crippen LogP contribution is 2.30. The molecular weight excluding hydrogens is 397 g/mol. The first kappa shape index (κ1) is 19.7. The van der Waals surface area contributed by atoms with Gasteiger partial charge in [0.2, 0.25) is 5.88 Å². The first-order valence-electron chi connectivity index (χ1n) is 10.5. The van der Waals surface area contributed by atoms with Crippen molar-refractivity contribution in [2.24, 2.45) is 0 Å². The van der Waals surface area contributed by atoms with E-state index < -0.39 is 5.82 Å². The van der Waals surface area contributed by atoms with Crippen LogP contribution in [0.2, 0.25) is 0 Å². The summed E-state index contributed by atoms with van der Waals surface area (Å²) in [7, 11) is 2.13. The quantitative estimate of drug-likeness (QED) is 0.634. The van der Waals surface area contributed by atoms with Gasteiger partial charge < -0.3 is 18.9 Å². The molecular formula is C23H24FN5O2. The van der Waals surface area contributed by atoms with Crippen molar-refractivity contribution < 1.29 is 13.9 Å². The summed E-state index contributed by atoms with van der Waals surface area (Å²) in [6.45, 7) is 4.16. The predicted octanol–water partition coefficient (Wildman–Crippen LogP) is 2.90. The van der Waals surface area contributed by atoms with Crippen LogP contribution in [0.5, 0.6) is 5.88 Å². The van der Waals surface area contributed by atoms with Gasteiger partial charge >= 0.3 is 0 Å². The monoisotopic (exact) mass is 421 g/mol. The molecule has 0 radical (unpaired) electrons. The number of rotatable bonds is 2. The Morgan fingerprint density at radius 2 is 2.00 bits per heavy atom. The van der Waals surface area contributed by atoms with Crippen LogP contribution in [0.25, 0.3) is 17.3 Å². The van der Waals surface area contributed by atoms with Gasteiger partial charge in [-0.15, -0.1) is 0 Å². The Morgan fingerprint density at radius 1 is 1.10 bits per heavy atom. The second kappa shape index (κ2) is 8.11. The SMILES string of the molecule is CN1CCCN(c2ccc3c(n2)OCCC(=O)/C(c2cn4cccc(F)c4n2)=C\3)CC1. The van der Waals surface area contributed by atoms with Gasteiger partial charge in [0.15, 0.2) is 17.2 Å². The molecule has 5 rings (SSSR count). The second-order valence-corrected chi connectivity index (χ2v) is 8.00. The number of imidazole rings is 1. The van der Waals surface area contributed by atoms with Crippen LogP contribution in [0.1, 0.15) is 24.1 Å². The number of carbonyl (C=O) groups is 1. The molecule has 1 saturated heterocycles. The van der Waals surface area contributed by atoms with Gasteiger partial charge in [0.05, 0.1) is 12.3 Å². The van der Waals surface area contributed by atoms with Crippen molar-refractivity contribution in [3.63, 3.8) is 0 Å². The van der Waals surface area contributed by atoms with Crippen molar-refractivity contribution in [2.45, 2.75) is 12.8 Å². The number of likely N-dealkylation sites (N-methyl/N-ethyl adjacent to an activating group) is 1. The molecule has 0 bridgehead atoms. The van der Waals surface area contributed by atoms with Crippen LogP contribution in [0.4, 0.5) is 10.2 Å². The van der Waals surface area contributed by atoms with Gasteiger partial charge in [-0.3, -0.25) is 4.79 Å². The summed E-state index contributed by atoms with van der Waals surface area (Å²) >= 11 is 0. The average molecular weight is 421 g/mol. The van der Waals surface area contributed by atoms with E-state index in [-0.39, 0.29) is 24.5 Å². The van der Waals surface area contributed by atoms with E-state index in [0.29, 0.717) is 17.1 Å². The van der Waals surface area contributed by atoms with Crippen LogP contribution in [-0.4, -0.2) is 64.9 Å². The average Bonchev–Trinajstić information content (AvgIpc) is 3.07. The number of allylic oxidation sites excluding steroid dienone is 1. The summed E-state index contributed by atoms with van der Waals surface area (Å²) in [5.41, 5.74) is 1.81. The molecule has 8 heteroatoms. The van der Waals surface area contributed by atoms with Crippen molar-refractivity contribution in [1.82, 2.24) is 19.3 Å². The number of Topliss-reactive ketones (excluding diaryl/α,β-unsaturated/α-hetero) is 1. The lowest BCUT2D eigenvalue weighted by Crippen LogP contribution is -2.29. The number of hydrogen-bond donors (Lipinski definition) is 0. The normalized spacial score (nSPS) is 19.7. The molecule has 3 aromatic heterocycles. The maximum absolute atomic E-state index is 14.1. The van der Waals surface area contributed by atoms with Crippen molar-refractivity contribution in [3.8, 4) is 5.88 Å². The molecule has 1 fully saturated rings. The fraction of sp³-hybridized carbons (Fsp3) is 0.348. The van der Waals surface area contributed by atoms with E-state index in [0.717, 1.165) is 44.0 Å². The summed E-state index contributed by atoms with van der Waals surface area (Å²) in [6.07, 6.45) is 6.44. The zero-order valence-electron chi connectivity index (χ0n) is 17.4. The van der Waals surface area contributed by atoms with E-state index in [9.17, 15) is 9.18 Å². The van der Waals surface area contributed by atoms with Gasteiger partial charge in [0.1, 0.15) is 5.82 Å². The van der Waals surface area contributed by atoms with Gasteiger partial charge in [-0.05, 0) is 50.4 Å². The first-order valence-corrected chi connectivity index (χ1v) is 10.5. The fourth-order valence-electron chi connectivity index (χ4n) is 4.06. The molecule has 31 heavy (non-hydrogen) atoms. The number of aromatic nitrogens is 3. The van der Waals surface area contributed by atoms with Gasteiger partial charge in [-0.2, -0.15) is 4.98 Å². The minimum atomic E-state index is -0.425. The molecule has 0 spiro atoms. The van der Waals surface area contributed by atoms with Crippen LogP contribution < -0.4 is 9.64 Å². The van der Waals surface area contributed by atoms with Crippen LogP contribution >= 0.6 is 0 Å². The number of carbonyl (C=O) groups excluding carboxylic acids is 1. The lowest BCUT2D eigenvalue weighted by molar-refractivity contribution is -0.114. The van der Waals surface area contributed by atoms with Gasteiger partial charge in [-0.25, -0.2) is 9.37 Å². The molecule has 0 aromatic carbocycles. The molecule has 160 valence electrons. The summed E-state index contributed by atoms with van der Waals surface area (Å²) in [4.78, 5) is 26.5. The molecule has 0 atom stereocenters. The van der Waals surface area contributed by atoms with Crippen LogP contribution in [0.15, 0.2) is 36.7 Å². The first-order chi connectivity index (χ1) is 15.1. The Bertz CT molecular complexity index is 1170. The maximum atomic E-state index is 14.1. The van der Waals surface area contributed by atoms with Gasteiger partial charge in [0, 0.05) is 49.6 Å². The minimum Gasteiger partial charge on any atom is -0.477 e. The number of ketones is 1. The topological polar surface area (TPSA) is 63.0 Å². The Kier molecular flexibility index (Phi) is 5.15. The Balaban J connectivity index is 1.52. The summed E-state index contributed by atoms with van der Waals surface area (Å²) < 4.78 is 21.5. The van der Waals surface area contributed by atoms with E-state index in [1.54, 1.807) is 28.9 Å². The molecule has 3 aromatic rings. The number of nitrogens with zero attached hydrogens (tertiary/aromatic N) is 5. The number of anilines is 1. The minimum absolute atomic E-state index is 0.0888. The van der Waals surface area contributed by atoms with E-state index in [1.165, 1.54) is 6.07 Å². The van der Waals surface area contributed by atoms with Crippen molar-refractivity contribution in [1.29, 1.82) is 0 Å². The molecule has 5 heterocycles. The van der Waals surface area contributed by atoms with Crippen molar-refractivity contribution in [2.75, 3.05) is 44.7 Å². The maximum Gasteiger partial charge on any atom is 0.222 e. The molecule has 0 unspecified atom stereocenters. The number of fused-ring (bicyclic) bond motifs is 2. The highest BCUT2D eigenvalue weighted by Gasteiger charge is 2.22. The largest absolute Gasteiger partial charge is 0.477 e. The Hall–Kier alpha value is -3.26. The highest BCUT2D eigenvalue weighted by atomic mass is 19.1. The summed E-state index contributed by atoms with van der Waals surface area (Å²) in [5, 5.41) is 0. The van der Waals surface area contributed by atoms with E-state index in [1.807, 2.05) is 12.1 Å². The fourth-order valence-corrected chi connectivity index (χ4v) is 4.06. The summed E-state index contributed by atoms with van der Waals surface area (Å²) in [6, 6.07) is 6.87. The molecule has 0 amide bonds. The van der Waals surface area contributed by atoms with Crippen LogP contribution in [0.3, 0.4) is 0 Å². The predicted molar refractivity (Wildman–Crippen MR) is 117 cm³/mol. The highest BCUT2D eigenvalue weighted by molar-refractivity contribution is 6.25. The number of halogens is 1. The lowest BCUT2D eigenvalue weighted by Gasteiger charge is -2.23. The van der Waals surface area contributed by atoms with Crippen molar-refractivity contribution >= 4 is 28.9 Å². The zero-order chi connectivity index (χ0) is 21.4. The molecule has 2 aliphatic rings. The number of hydrogen-bond acceptors (Lipinski definition) is 6. The standard InChI is InChI=1S/C23H24FN5O2/c1-27-8-3-10-28(12-11-27)21-6-5-16-14-17(20(30)7-13-31-23(16)26-21)19-15-29-9-2-4-18(24)22(29)25-19/h2,4-6,9,14-15H,3,7-8,10-13H2,1H3/b17-14-. The Morgan fingerprint density at radius 3 is 2.87 bits per heavy atom.